The van der Waals surface area contributed by atoms with Crippen molar-refractivity contribution in [2.24, 2.45) is 0 Å². The number of hydrogen-bond acceptors (Lipinski definition) is 2. The molecule has 0 aromatic heterocycles. The first-order chi connectivity index (χ1) is 7.74. The van der Waals surface area contributed by atoms with Crippen molar-refractivity contribution in [3.8, 4) is 0 Å². The summed E-state index contributed by atoms with van der Waals surface area (Å²) in [5, 5.41) is 12.8. The predicted molar refractivity (Wildman–Crippen MR) is 66.5 cm³/mol. The van der Waals surface area contributed by atoms with Crippen molar-refractivity contribution in [1.82, 2.24) is 5.32 Å². The van der Waals surface area contributed by atoms with Gasteiger partial charge in [0.15, 0.2) is 0 Å². The molecule has 1 unspecified atom stereocenters. The van der Waals surface area contributed by atoms with E-state index in [-0.39, 0.29) is 12.6 Å². The summed E-state index contributed by atoms with van der Waals surface area (Å²) in [6, 6.07) is 7.38. The van der Waals surface area contributed by atoms with Crippen LogP contribution in [0.5, 0.6) is 0 Å². The van der Waals surface area contributed by atoms with Crippen molar-refractivity contribution in [3.63, 3.8) is 0 Å². The normalized spacial score (nSPS) is 20.8. The third-order valence-electron chi connectivity index (χ3n) is 3.53. The molecule has 0 bridgehead atoms. The summed E-state index contributed by atoms with van der Waals surface area (Å²) in [4.78, 5) is 0. The molecule has 0 amide bonds. The molecule has 2 nitrogen and oxygen atoms in total. The first kappa shape index (κ1) is 11.6. The van der Waals surface area contributed by atoms with E-state index in [0.717, 1.165) is 19.3 Å². The predicted octanol–water partition coefficient (Wildman–Crippen LogP) is 2.34. The average Bonchev–Trinajstić information content (AvgIpc) is 2.68. The summed E-state index contributed by atoms with van der Waals surface area (Å²) in [7, 11) is 0. The van der Waals surface area contributed by atoms with Gasteiger partial charge >= 0.3 is 0 Å². The smallest absolute Gasteiger partial charge is 0.0584 e. The largest absolute Gasteiger partial charge is 0.395 e. The van der Waals surface area contributed by atoms with E-state index >= 15 is 0 Å². The molecule has 0 fully saturated rings. The first-order valence-electron chi connectivity index (χ1n) is 6.21. The second kappa shape index (κ2) is 4.98. The Kier molecular flexibility index (Phi) is 3.62. The van der Waals surface area contributed by atoms with Crippen LogP contribution >= 0.6 is 0 Å². The van der Waals surface area contributed by atoms with Crippen LogP contribution in [-0.2, 0) is 6.42 Å². The van der Waals surface area contributed by atoms with Crippen LogP contribution in [0.15, 0.2) is 18.2 Å². The number of aliphatic hydroxyl groups is 1. The molecule has 0 aliphatic heterocycles. The van der Waals surface area contributed by atoms with Gasteiger partial charge in [-0.2, -0.15) is 0 Å². The van der Waals surface area contributed by atoms with Crippen molar-refractivity contribution in [3.05, 3.63) is 34.9 Å². The molecule has 2 atom stereocenters. The Labute approximate surface area is 97.7 Å². The summed E-state index contributed by atoms with van der Waals surface area (Å²) < 4.78 is 0. The number of aliphatic hydroxyl groups excluding tert-OH is 1. The van der Waals surface area contributed by atoms with E-state index in [9.17, 15) is 5.11 Å². The van der Waals surface area contributed by atoms with Gasteiger partial charge in [0, 0.05) is 12.1 Å². The van der Waals surface area contributed by atoms with Gasteiger partial charge in [-0.15, -0.1) is 0 Å². The van der Waals surface area contributed by atoms with Gasteiger partial charge in [-0.25, -0.2) is 0 Å². The number of nitrogens with one attached hydrogen (secondary N) is 1. The second-order valence-corrected chi connectivity index (χ2v) is 4.75. The molecule has 0 saturated heterocycles. The molecule has 0 radical (unpaired) electrons. The third kappa shape index (κ3) is 2.28. The van der Waals surface area contributed by atoms with Gasteiger partial charge in [0.25, 0.3) is 0 Å². The van der Waals surface area contributed by atoms with Gasteiger partial charge in [-0.3, -0.25) is 0 Å². The molecule has 1 aliphatic rings. The van der Waals surface area contributed by atoms with Gasteiger partial charge < -0.3 is 10.4 Å². The summed E-state index contributed by atoms with van der Waals surface area (Å²) in [6.07, 6.45) is 3.30. The minimum Gasteiger partial charge on any atom is -0.395 e. The van der Waals surface area contributed by atoms with Crippen LogP contribution in [0.4, 0.5) is 0 Å². The number of hydrogen-bond donors (Lipinski definition) is 2. The number of aryl methyl sites for hydroxylation is 2. The molecular formula is C14H21NO. The maximum absolute atomic E-state index is 9.23. The highest BCUT2D eigenvalue weighted by Crippen LogP contribution is 2.32. The Morgan fingerprint density at radius 2 is 2.31 bits per heavy atom. The SMILES string of the molecule is CC[C@H](CO)NC1CCc2ccc(C)cc21. The van der Waals surface area contributed by atoms with Crippen LogP contribution in [0.2, 0.25) is 0 Å². The van der Waals surface area contributed by atoms with E-state index in [1.54, 1.807) is 0 Å². The maximum atomic E-state index is 9.23. The summed E-state index contributed by atoms with van der Waals surface area (Å²) in [5.41, 5.74) is 4.23. The molecule has 88 valence electrons. The average molecular weight is 219 g/mol. The van der Waals surface area contributed by atoms with Crippen molar-refractivity contribution < 1.29 is 5.11 Å². The van der Waals surface area contributed by atoms with E-state index in [1.807, 2.05) is 0 Å². The standard InChI is InChI=1S/C14H21NO/c1-3-12(9-16)15-14-7-6-11-5-4-10(2)8-13(11)14/h4-5,8,12,14-16H,3,6-7,9H2,1-2H3/t12-,14?/m1/s1. The lowest BCUT2D eigenvalue weighted by molar-refractivity contribution is 0.227. The van der Waals surface area contributed by atoms with Crippen molar-refractivity contribution in [2.45, 2.75) is 45.2 Å². The van der Waals surface area contributed by atoms with Crippen LogP contribution in [0.1, 0.15) is 42.5 Å². The van der Waals surface area contributed by atoms with Crippen molar-refractivity contribution >= 4 is 0 Å². The molecule has 1 aliphatic carbocycles. The fourth-order valence-corrected chi connectivity index (χ4v) is 2.48. The highest BCUT2D eigenvalue weighted by Gasteiger charge is 2.23. The maximum Gasteiger partial charge on any atom is 0.0584 e. The fraction of sp³-hybridized carbons (Fsp3) is 0.571. The van der Waals surface area contributed by atoms with Crippen LogP contribution in [0.25, 0.3) is 0 Å². The van der Waals surface area contributed by atoms with Gasteiger partial charge in [0.2, 0.25) is 0 Å². The van der Waals surface area contributed by atoms with Crippen molar-refractivity contribution in [1.29, 1.82) is 0 Å². The third-order valence-corrected chi connectivity index (χ3v) is 3.53. The molecular weight excluding hydrogens is 198 g/mol. The second-order valence-electron chi connectivity index (χ2n) is 4.75. The van der Waals surface area contributed by atoms with E-state index < -0.39 is 0 Å². The molecule has 0 spiro atoms. The Hall–Kier alpha value is -0.860. The molecule has 1 aromatic rings. The van der Waals surface area contributed by atoms with Gasteiger partial charge in [0.05, 0.1) is 6.61 Å². The van der Waals surface area contributed by atoms with Gasteiger partial charge in [0.1, 0.15) is 0 Å². The van der Waals surface area contributed by atoms with Crippen molar-refractivity contribution in [2.75, 3.05) is 6.61 Å². The van der Waals surface area contributed by atoms with Crippen LogP contribution in [0, 0.1) is 6.92 Å². The Balaban J connectivity index is 2.13. The van der Waals surface area contributed by atoms with Gasteiger partial charge in [-0.05, 0) is 37.3 Å². The lowest BCUT2D eigenvalue weighted by Crippen LogP contribution is -2.34. The highest BCUT2D eigenvalue weighted by atomic mass is 16.3. The number of fused-ring (bicyclic) bond motifs is 1. The number of rotatable bonds is 4. The molecule has 1 aromatic carbocycles. The zero-order valence-electron chi connectivity index (χ0n) is 10.2. The fourth-order valence-electron chi connectivity index (χ4n) is 2.48. The summed E-state index contributed by atoms with van der Waals surface area (Å²) in [6.45, 7) is 4.48. The Morgan fingerprint density at radius 3 is 3.00 bits per heavy atom. The topological polar surface area (TPSA) is 32.3 Å². The molecule has 0 saturated carbocycles. The molecule has 0 heterocycles. The zero-order valence-corrected chi connectivity index (χ0v) is 10.2. The van der Waals surface area contributed by atoms with Crippen LogP contribution in [-0.4, -0.2) is 17.8 Å². The van der Waals surface area contributed by atoms with E-state index in [2.05, 4.69) is 37.4 Å². The number of benzene rings is 1. The molecule has 2 N–H and O–H groups in total. The molecule has 2 heteroatoms. The lowest BCUT2D eigenvalue weighted by atomic mass is 10.0. The first-order valence-corrected chi connectivity index (χ1v) is 6.21. The Morgan fingerprint density at radius 1 is 1.50 bits per heavy atom. The molecule has 16 heavy (non-hydrogen) atoms. The van der Waals surface area contributed by atoms with Crippen LogP contribution in [0.3, 0.4) is 0 Å². The minimum atomic E-state index is 0.230. The lowest BCUT2D eigenvalue weighted by Gasteiger charge is -2.21. The zero-order chi connectivity index (χ0) is 11.5. The van der Waals surface area contributed by atoms with E-state index in [4.69, 9.17) is 0 Å². The van der Waals surface area contributed by atoms with Gasteiger partial charge in [-0.1, -0.05) is 30.7 Å². The Bertz CT molecular complexity index is 358. The molecule has 2 rings (SSSR count). The van der Waals surface area contributed by atoms with E-state index in [0.29, 0.717) is 6.04 Å². The summed E-state index contributed by atoms with van der Waals surface area (Å²) in [5.74, 6) is 0. The minimum absolute atomic E-state index is 0.230. The monoisotopic (exact) mass is 219 g/mol. The quantitative estimate of drug-likeness (QED) is 0.814. The summed E-state index contributed by atoms with van der Waals surface area (Å²) >= 11 is 0. The van der Waals surface area contributed by atoms with Crippen LogP contribution < -0.4 is 5.32 Å². The highest BCUT2D eigenvalue weighted by molar-refractivity contribution is 5.37. The van der Waals surface area contributed by atoms with E-state index in [1.165, 1.54) is 16.7 Å².